The Morgan fingerprint density at radius 2 is 2.13 bits per heavy atom. The van der Waals surface area contributed by atoms with E-state index in [1.165, 1.54) is 0 Å². The first-order chi connectivity index (χ1) is 14.0. The molecule has 2 aromatic heterocycles. The topological polar surface area (TPSA) is 70.2 Å². The average Bonchev–Trinajstić information content (AvgIpc) is 3.13. The van der Waals surface area contributed by atoms with Gasteiger partial charge in [0.2, 0.25) is 0 Å². The molecule has 6 nitrogen and oxygen atoms in total. The molecule has 0 bridgehead atoms. The van der Waals surface area contributed by atoms with Gasteiger partial charge in [0.25, 0.3) is 5.91 Å². The van der Waals surface area contributed by atoms with Crippen molar-refractivity contribution in [1.82, 2.24) is 15.3 Å². The molecule has 4 rings (SSSR count). The van der Waals surface area contributed by atoms with Crippen molar-refractivity contribution >= 4 is 52.3 Å². The summed E-state index contributed by atoms with van der Waals surface area (Å²) in [6, 6.07) is 7.61. The minimum absolute atomic E-state index is 0. The van der Waals surface area contributed by atoms with Crippen molar-refractivity contribution in [2.75, 3.05) is 31.7 Å². The number of anilines is 2. The van der Waals surface area contributed by atoms with E-state index in [0.29, 0.717) is 23.0 Å². The van der Waals surface area contributed by atoms with Gasteiger partial charge in [-0.15, -0.1) is 12.4 Å². The molecule has 0 radical (unpaired) electrons. The van der Waals surface area contributed by atoms with E-state index >= 15 is 0 Å². The molecule has 1 aromatic carbocycles. The number of aromatic amines is 1. The second-order valence-electron chi connectivity index (χ2n) is 7.52. The number of amides is 1. The maximum absolute atomic E-state index is 12.9. The van der Waals surface area contributed by atoms with Crippen molar-refractivity contribution in [3.8, 4) is 0 Å². The molecule has 160 valence electrons. The molecular weight excluding hydrogens is 423 g/mol. The average molecular weight is 449 g/mol. The molecule has 2 N–H and O–H groups in total. The zero-order valence-corrected chi connectivity index (χ0v) is 18.6. The Labute approximate surface area is 187 Å². The molecule has 3 heterocycles. The summed E-state index contributed by atoms with van der Waals surface area (Å²) in [4.78, 5) is 22.8. The minimum Gasteiger partial charge on any atom is -0.381 e. The first kappa shape index (κ1) is 22.4. The van der Waals surface area contributed by atoms with Crippen molar-refractivity contribution in [2.24, 2.45) is 5.92 Å². The lowest BCUT2D eigenvalue weighted by Gasteiger charge is -2.22. The Hall–Kier alpha value is -2.28. The molecule has 0 atom stereocenters. The summed E-state index contributed by atoms with van der Waals surface area (Å²) in [6.45, 7) is 4.20. The summed E-state index contributed by atoms with van der Waals surface area (Å²) in [6.07, 6.45) is 5.55. The van der Waals surface area contributed by atoms with Gasteiger partial charge in [-0.1, -0.05) is 17.7 Å². The number of carbonyl (C=O) groups is 1. The van der Waals surface area contributed by atoms with Gasteiger partial charge >= 0.3 is 0 Å². The highest BCUT2D eigenvalue weighted by atomic mass is 35.5. The van der Waals surface area contributed by atoms with Gasteiger partial charge in [-0.3, -0.25) is 4.79 Å². The van der Waals surface area contributed by atoms with Crippen LogP contribution in [0.2, 0.25) is 5.02 Å². The number of aryl methyl sites for hydroxylation is 1. The van der Waals surface area contributed by atoms with E-state index < -0.39 is 0 Å². The fourth-order valence-corrected chi connectivity index (χ4v) is 4.00. The number of hydrogen-bond donors (Lipinski definition) is 2. The number of pyridine rings is 1. The molecule has 1 saturated heterocycles. The number of carbonyl (C=O) groups excluding carboxylic acids is 1. The number of fused-ring (bicyclic) bond motifs is 1. The number of halogens is 2. The first-order valence-electron chi connectivity index (χ1n) is 9.86. The molecule has 3 aromatic rings. The summed E-state index contributed by atoms with van der Waals surface area (Å²) in [5, 5.41) is 4.65. The predicted octanol–water partition coefficient (Wildman–Crippen LogP) is 4.87. The van der Waals surface area contributed by atoms with Crippen LogP contribution in [0.4, 0.5) is 11.5 Å². The molecule has 1 fully saturated rings. The Morgan fingerprint density at radius 1 is 1.37 bits per heavy atom. The molecular formula is C22H26Cl2N4O2. The van der Waals surface area contributed by atoms with Crippen LogP contribution in [0.5, 0.6) is 0 Å². The fourth-order valence-electron chi connectivity index (χ4n) is 3.82. The van der Waals surface area contributed by atoms with Crippen LogP contribution in [0.3, 0.4) is 0 Å². The van der Waals surface area contributed by atoms with Crippen LogP contribution in [0.25, 0.3) is 10.9 Å². The van der Waals surface area contributed by atoms with Crippen LogP contribution in [0.15, 0.2) is 36.7 Å². The van der Waals surface area contributed by atoms with Gasteiger partial charge in [-0.25, -0.2) is 4.98 Å². The molecule has 1 aliphatic heterocycles. The Kier molecular flexibility index (Phi) is 7.23. The number of rotatable bonds is 5. The zero-order chi connectivity index (χ0) is 20.4. The number of nitrogens with zero attached hydrogens (tertiary/aromatic N) is 2. The monoisotopic (exact) mass is 448 g/mol. The number of aromatic nitrogens is 2. The maximum atomic E-state index is 12.9. The van der Waals surface area contributed by atoms with Gasteiger partial charge in [0.15, 0.2) is 5.82 Å². The van der Waals surface area contributed by atoms with Crippen molar-refractivity contribution in [2.45, 2.75) is 19.8 Å². The zero-order valence-electron chi connectivity index (χ0n) is 17.1. The van der Waals surface area contributed by atoms with E-state index in [4.69, 9.17) is 16.3 Å². The van der Waals surface area contributed by atoms with Crippen LogP contribution < -0.4 is 10.2 Å². The lowest BCUT2D eigenvalue weighted by Crippen LogP contribution is -2.32. The molecule has 0 unspecified atom stereocenters. The smallest absolute Gasteiger partial charge is 0.253 e. The third kappa shape index (κ3) is 4.56. The largest absolute Gasteiger partial charge is 0.381 e. The Bertz CT molecular complexity index is 1030. The predicted molar refractivity (Wildman–Crippen MR) is 123 cm³/mol. The summed E-state index contributed by atoms with van der Waals surface area (Å²) >= 11 is 6.15. The van der Waals surface area contributed by atoms with Gasteiger partial charge < -0.3 is 19.9 Å². The number of hydrogen-bond acceptors (Lipinski definition) is 4. The Morgan fingerprint density at radius 3 is 2.87 bits per heavy atom. The molecule has 0 aliphatic carbocycles. The van der Waals surface area contributed by atoms with Crippen LogP contribution in [0.1, 0.15) is 28.8 Å². The highest BCUT2D eigenvalue weighted by Crippen LogP contribution is 2.32. The molecule has 1 amide bonds. The van der Waals surface area contributed by atoms with E-state index in [2.05, 4.69) is 15.3 Å². The lowest BCUT2D eigenvalue weighted by molar-refractivity contribution is 0.0643. The first-order valence-corrected chi connectivity index (χ1v) is 10.2. The van der Waals surface area contributed by atoms with E-state index in [1.54, 1.807) is 6.20 Å². The van der Waals surface area contributed by atoms with Crippen molar-refractivity contribution < 1.29 is 9.53 Å². The highest BCUT2D eigenvalue weighted by Gasteiger charge is 2.21. The van der Waals surface area contributed by atoms with Crippen molar-refractivity contribution in [3.63, 3.8) is 0 Å². The maximum Gasteiger partial charge on any atom is 0.253 e. The quantitative estimate of drug-likeness (QED) is 0.583. The number of H-pyrrole nitrogens is 1. The number of nitrogens with one attached hydrogen (secondary N) is 2. The molecule has 8 heteroatoms. The van der Waals surface area contributed by atoms with Crippen LogP contribution in [0, 0.1) is 12.8 Å². The summed E-state index contributed by atoms with van der Waals surface area (Å²) < 4.78 is 5.39. The number of ether oxygens (including phenoxy) is 1. The summed E-state index contributed by atoms with van der Waals surface area (Å²) in [7, 11) is 1.94. The molecule has 1 aliphatic rings. The summed E-state index contributed by atoms with van der Waals surface area (Å²) in [5.74, 6) is 1.13. The normalized spacial score (nSPS) is 14.4. The molecule has 0 saturated carbocycles. The van der Waals surface area contributed by atoms with E-state index in [1.807, 2.05) is 49.3 Å². The lowest BCUT2D eigenvalue weighted by atomic mass is 10.00. The highest BCUT2D eigenvalue weighted by molar-refractivity contribution is 6.30. The molecule has 0 spiro atoms. The third-order valence-corrected chi connectivity index (χ3v) is 5.77. The van der Waals surface area contributed by atoms with Gasteiger partial charge in [-0.05, 0) is 49.4 Å². The third-order valence-electron chi connectivity index (χ3n) is 5.54. The van der Waals surface area contributed by atoms with Crippen molar-refractivity contribution in [1.29, 1.82) is 0 Å². The van der Waals surface area contributed by atoms with Gasteiger partial charge in [0.05, 0.1) is 11.1 Å². The Balaban J connectivity index is 0.00000256. The van der Waals surface area contributed by atoms with Crippen LogP contribution in [-0.4, -0.2) is 42.7 Å². The minimum atomic E-state index is -0.0892. The van der Waals surface area contributed by atoms with E-state index in [0.717, 1.165) is 54.0 Å². The van der Waals surface area contributed by atoms with Crippen LogP contribution in [-0.2, 0) is 4.74 Å². The standard InChI is InChI=1S/C22H25ClN4O2.ClH/c1-14-11-24-20-19(14)18(22(28)26-12-15-6-8-29-9-7-15)13-25-21(20)27(2)17-5-3-4-16(23)10-17;/h3-5,10-11,13,15,24H,6-9,12H2,1-2H3,(H,26,28);1H. The van der Waals surface area contributed by atoms with Gasteiger partial charge in [0, 0.05) is 55.3 Å². The SMILES string of the molecule is Cc1c[nH]c2c(N(C)c3cccc(Cl)c3)ncc(C(=O)NCC3CCOCC3)c12.Cl. The fraction of sp³-hybridized carbons (Fsp3) is 0.364. The molecule has 30 heavy (non-hydrogen) atoms. The van der Waals surface area contributed by atoms with Gasteiger partial charge in [-0.2, -0.15) is 0 Å². The number of benzene rings is 1. The van der Waals surface area contributed by atoms with Gasteiger partial charge in [0.1, 0.15) is 0 Å². The second-order valence-corrected chi connectivity index (χ2v) is 7.96. The van der Waals surface area contributed by atoms with E-state index in [-0.39, 0.29) is 18.3 Å². The van der Waals surface area contributed by atoms with Crippen molar-refractivity contribution in [3.05, 3.63) is 52.8 Å². The van der Waals surface area contributed by atoms with E-state index in [9.17, 15) is 4.79 Å². The van der Waals surface area contributed by atoms with Crippen LogP contribution >= 0.6 is 24.0 Å². The second kappa shape index (κ2) is 9.69. The summed E-state index contributed by atoms with van der Waals surface area (Å²) in [5.41, 5.74) is 3.37.